The Morgan fingerprint density at radius 3 is 2.32 bits per heavy atom. The molecule has 0 aliphatic rings. The van der Waals surface area contributed by atoms with Crippen molar-refractivity contribution < 1.29 is 0 Å². The molecule has 0 N–H and O–H groups in total. The van der Waals surface area contributed by atoms with Crippen LogP contribution < -0.4 is 0 Å². The first-order valence-corrected chi connectivity index (χ1v) is 7.06. The van der Waals surface area contributed by atoms with Crippen molar-refractivity contribution in [1.82, 2.24) is 0 Å². The summed E-state index contributed by atoms with van der Waals surface area (Å²) in [5.41, 5.74) is 5.32. The summed E-state index contributed by atoms with van der Waals surface area (Å²) in [5.74, 6) is 1.02. The lowest BCUT2D eigenvalue weighted by molar-refractivity contribution is 0.770. The Kier molecular flexibility index (Phi) is 5.82. The van der Waals surface area contributed by atoms with E-state index in [9.17, 15) is 0 Å². The third-order valence-electron chi connectivity index (χ3n) is 3.49. The molecule has 1 rings (SSSR count). The van der Waals surface area contributed by atoms with Crippen LogP contribution in [0.4, 0.5) is 0 Å². The summed E-state index contributed by atoms with van der Waals surface area (Å²) < 4.78 is 0. The second-order valence-electron chi connectivity index (χ2n) is 5.64. The monoisotopic (exact) mass is 254 g/mol. The van der Waals surface area contributed by atoms with Crippen LogP contribution in [0.3, 0.4) is 0 Å². The molecule has 0 saturated heterocycles. The van der Waals surface area contributed by atoms with Gasteiger partial charge < -0.3 is 0 Å². The molecule has 1 aromatic carbocycles. The van der Waals surface area contributed by atoms with E-state index >= 15 is 0 Å². The van der Waals surface area contributed by atoms with E-state index in [1.165, 1.54) is 22.3 Å². The van der Waals surface area contributed by atoms with E-state index < -0.39 is 0 Å². The molecule has 0 bridgehead atoms. The third kappa shape index (κ3) is 4.24. The average molecular weight is 254 g/mol. The molecule has 19 heavy (non-hydrogen) atoms. The smallest absolute Gasteiger partial charge is 0.00203 e. The fourth-order valence-electron chi connectivity index (χ4n) is 2.26. The lowest BCUT2D eigenvalue weighted by atomic mass is 9.88. The highest BCUT2D eigenvalue weighted by atomic mass is 14.2. The van der Waals surface area contributed by atoms with Crippen LogP contribution in [0.15, 0.2) is 60.7 Å². The molecule has 0 aliphatic carbocycles. The van der Waals surface area contributed by atoms with E-state index in [4.69, 9.17) is 0 Å². The van der Waals surface area contributed by atoms with Crippen molar-refractivity contribution in [3.63, 3.8) is 0 Å². The highest BCUT2D eigenvalue weighted by Crippen LogP contribution is 2.26. The van der Waals surface area contributed by atoms with E-state index in [1.54, 1.807) is 0 Å². The molecule has 0 heteroatoms. The van der Waals surface area contributed by atoms with Gasteiger partial charge in [0.05, 0.1) is 0 Å². The zero-order valence-electron chi connectivity index (χ0n) is 12.7. The van der Waals surface area contributed by atoms with Gasteiger partial charge in [-0.05, 0) is 40.5 Å². The summed E-state index contributed by atoms with van der Waals surface area (Å²) in [6.07, 6.45) is 4.90. The fraction of sp³-hybridized carbons (Fsp3) is 0.368. The molecule has 0 fully saturated rings. The van der Waals surface area contributed by atoms with Crippen molar-refractivity contribution in [3.05, 3.63) is 71.8 Å². The molecule has 0 aliphatic heterocycles. The lowest BCUT2D eigenvalue weighted by Crippen LogP contribution is -2.03. The summed E-state index contributed by atoms with van der Waals surface area (Å²) in [6, 6.07) is 8.68. The molecule has 0 atom stereocenters. The van der Waals surface area contributed by atoms with Gasteiger partial charge in [0.1, 0.15) is 0 Å². The molecule has 0 nitrogen and oxygen atoms in total. The second kappa shape index (κ2) is 7.13. The van der Waals surface area contributed by atoms with Crippen LogP contribution in [-0.4, -0.2) is 0 Å². The quantitative estimate of drug-likeness (QED) is 0.573. The minimum absolute atomic E-state index is 0.470. The lowest BCUT2D eigenvalue weighted by Gasteiger charge is -2.17. The molecule has 0 unspecified atom stereocenters. The molecule has 1 aromatic rings. The number of hydrogen-bond acceptors (Lipinski definition) is 0. The Morgan fingerprint density at radius 2 is 1.79 bits per heavy atom. The van der Waals surface area contributed by atoms with Gasteiger partial charge in [0.25, 0.3) is 0 Å². The van der Waals surface area contributed by atoms with Crippen molar-refractivity contribution in [2.24, 2.45) is 5.92 Å². The Morgan fingerprint density at radius 1 is 1.16 bits per heavy atom. The highest BCUT2D eigenvalue weighted by molar-refractivity contribution is 5.40. The summed E-state index contributed by atoms with van der Waals surface area (Å²) in [7, 11) is 0. The Labute approximate surface area is 118 Å². The number of allylic oxidation sites excluding steroid dienone is 4. The summed E-state index contributed by atoms with van der Waals surface area (Å²) in [4.78, 5) is 0. The van der Waals surface area contributed by atoms with Gasteiger partial charge in [-0.2, -0.15) is 0 Å². The molecule has 0 radical (unpaired) electrons. The fourth-order valence-corrected chi connectivity index (χ4v) is 2.26. The van der Waals surface area contributed by atoms with E-state index in [0.29, 0.717) is 11.8 Å². The summed E-state index contributed by atoms with van der Waals surface area (Å²) >= 11 is 0. The summed E-state index contributed by atoms with van der Waals surface area (Å²) in [6.45, 7) is 16.9. The van der Waals surface area contributed by atoms with Gasteiger partial charge in [-0.1, -0.05) is 77.3 Å². The standard InChI is InChI=1S/C19H26/c1-7-10-17(16(6)14(2)3)13-18-11-8-9-12-19(18)15(4)5/h7-12,14-15H,1,6,13H2,2-5H3/b17-10-. The van der Waals surface area contributed by atoms with Gasteiger partial charge in [-0.3, -0.25) is 0 Å². The maximum atomic E-state index is 4.23. The van der Waals surface area contributed by atoms with Crippen LogP contribution in [0.25, 0.3) is 0 Å². The predicted molar refractivity (Wildman–Crippen MR) is 86.5 cm³/mol. The maximum Gasteiger partial charge on any atom is -0.00203 e. The molecular weight excluding hydrogens is 228 g/mol. The Hall–Kier alpha value is -1.56. The third-order valence-corrected chi connectivity index (χ3v) is 3.49. The highest BCUT2D eigenvalue weighted by Gasteiger charge is 2.11. The molecule has 0 amide bonds. The van der Waals surface area contributed by atoms with Crippen LogP contribution in [0.2, 0.25) is 0 Å². The molecule has 0 heterocycles. The molecule has 0 saturated carbocycles. The van der Waals surface area contributed by atoms with E-state index in [-0.39, 0.29) is 0 Å². The average Bonchev–Trinajstić information content (AvgIpc) is 2.37. The van der Waals surface area contributed by atoms with E-state index in [0.717, 1.165) is 6.42 Å². The number of hydrogen-bond donors (Lipinski definition) is 0. The van der Waals surface area contributed by atoms with E-state index in [1.807, 2.05) is 6.08 Å². The topological polar surface area (TPSA) is 0 Å². The SMILES string of the molecule is C=C/C=C(/Cc1ccccc1C(C)C)C(=C)C(C)C. The normalized spacial score (nSPS) is 12.0. The minimum atomic E-state index is 0.470. The summed E-state index contributed by atoms with van der Waals surface area (Å²) in [5, 5.41) is 0. The van der Waals surface area contributed by atoms with Crippen LogP contribution in [0.5, 0.6) is 0 Å². The van der Waals surface area contributed by atoms with Crippen molar-refractivity contribution in [2.45, 2.75) is 40.0 Å². The van der Waals surface area contributed by atoms with Crippen molar-refractivity contribution in [3.8, 4) is 0 Å². The van der Waals surface area contributed by atoms with Gasteiger partial charge in [0.15, 0.2) is 0 Å². The molecular formula is C19H26. The van der Waals surface area contributed by atoms with Gasteiger partial charge in [0.2, 0.25) is 0 Å². The Bertz CT molecular complexity index is 473. The zero-order valence-corrected chi connectivity index (χ0v) is 12.7. The van der Waals surface area contributed by atoms with Crippen molar-refractivity contribution >= 4 is 0 Å². The predicted octanol–water partition coefficient (Wildman–Crippen LogP) is 5.68. The van der Waals surface area contributed by atoms with E-state index in [2.05, 4.69) is 71.2 Å². The molecule has 0 aromatic heterocycles. The largest absolute Gasteiger partial charge is 0.0991 e. The Balaban J connectivity index is 3.08. The first-order chi connectivity index (χ1) is 8.97. The molecule has 0 spiro atoms. The van der Waals surface area contributed by atoms with Crippen LogP contribution >= 0.6 is 0 Å². The van der Waals surface area contributed by atoms with Gasteiger partial charge in [0, 0.05) is 0 Å². The van der Waals surface area contributed by atoms with Crippen LogP contribution in [0.1, 0.15) is 44.7 Å². The minimum Gasteiger partial charge on any atom is -0.0991 e. The van der Waals surface area contributed by atoms with Gasteiger partial charge in [-0.15, -0.1) is 0 Å². The van der Waals surface area contributed by atoms with Crippen molar-refractivity contribution in [2.75, 3.05) is 0 Å². The zero-order chi connectivity index (χ0) is 14.4. The van der Waals surface area contributed by atoms with Crippen molar-refractivity contribution in [1.29, 1.82) is 0 Å². The van der Waals surface area contributed by atoms with Gasteiger partial charge in [-0.25, -0.2) is 0 Å². The van der Waals surface area contributed by atoms with Gasteiger partial charge >= 0.3 is 0 Å². The second-order valence-corrected chi connectivity index (χ2v) is 5.64. The number of rotatable bonds is 6. The van der Waals surface area contributed by atoms with Crippen LogP contribution in [-0.2, 0) is 6.42 Å². The number of benzene rings is 1. The maximum absolute atomic E-state index is 4.23. The first kappa shape index (κ1) is 15.5. The molecule has 102 valence electrons. The van der Waals surface area contributed by atoms with Crippen LogP contribution in [0, 0.1) is 5.92 Å². The first-order valence-electron chi connectivity index (χ1n) is 7.06.